The fourth-order valence-corrected chi connectivity index (χ4v) is 2.58. The summed E-state index contributed by atoms with van der Waals surface area (Å²) >= 11 is 1.36. The first kappa shape index (κ1) is 17.0. The van der Waals surface area contributed by atoms with E-state index in [1.807, 2.05) is 6.92 Å². The Bertz CT molecular complexity index is 443. The Morgan fingerprint density at radius 2 is 1.85 bits per heavy atom. The van der Waals surface area contributed by atoms with Crippen molar-refractivity contribution < 1.29 is 23.1 Å². The number of benzene rings is 1. The topological polar surface area (TPSA) is 37.3 Å². The highest BCUT2D eigenvalue weighted by Gasteiger charge is 2.29. The summed E-state index contributed by atoms with van der Waals surface area (Å²) in [5.74, 6) is 0.356. The Hall–Kier alpha value is -1.01. The molecular weight excluding hydrogens is 289 g/mol. The van der Waals surface area contributed by atoms with Gasteiger partial charge in [-0.2, -0.15) is 13.2 Å². The predicted octanol–water partition coefficient (Wildman–Crippen LogP) is 3.77. The monoisotopic (exact) mass is 306 g/mol. The standard InChI is InChI=1S/C14H17F3O2S/c1-9(13(19)7-10(2)18)8-20-12-5-3-11(4-6-12)14(15,16)17/h3-6,9,13,19H,7-8H2,1-2H3. The van der Waals surface area contributed by atoms with E-state index in [-0.39, 0.29) is 18.1 Å². The van der Waals surface area contributed by atoms with Gasteiger partial charge in [0.25, 0.3) is 0 Å². The summed E-state index contributed by atoms with van der Waals surface area (Å²) in [7, 11) is 0. The molecule has 20 heavy (non-hydrogen) atoms. The highest BCUT2D eigenvalue weighted by molar-refractivity contribution is 7.99. The molecule has 0 saturated heterocycles. The molecule has 2 atom stereocenters. The van der Waals surface area contributed by atoms with E-state index >= 15 is 0 Å². The van der Waals surface area contributed by atoms with E-state index in [4.69, 9.17) is 0 Å². The van der Waals surface area contributed by atoms with Gasteiger partial charge in [0.2, 0.25) is 0 Å². The van der Waals surface area contributed by atoms with Crippen LogP contribution in [-0.4, -0.2) is 22.7 Å². The molecule has 0 aliphatic carbocycles. The van der Waals surface area contributed by atoms with Gasteiger partial charge in [-0.15, -0.1) is 11.8 Å². The van der Waals surface area contributed by atoms with E-state index in [2.05, 4.69) is 0 Å². The predicted molar refractivity (Wildman–Crippen MR) is 72.6 cm³/mol. The normalized spacial score (nSPS) is 14.9. The first-order valence-electron chi connectivity index (χ1n) is 6.17. The van der Waals surface area contributed by atoms with Crippen molar-refractivity contribution in [3.8, 4) is 0 Å². The molecule has 0 heterocycles. The molecule has 2 unspecified atom stereocenters. The van der Waals surface area contributed by atoms with Crippen molar-refractivity contribution in [2.24, 2.45) is 5.92 Å². The van der Waals surface area contributed by atoms with E-state index in [9.17, 15) is 23.1 Å². The van der Waals surface area contributed by atoms with Gasteiger partial charge in [-0.1, -0.05) is 6.92 Å². The maximum atomic E-state index is 12.4. The van der Waals surface area contributed by atoms with Crippen molar-refractivity contribution in [2.45, 2.75) is 37.4 Å². The number of hydrogen-bond acceptors (Lipinski definition) is 3. The van der Waals surface area contributed by atoms with Crippen LogP contribution in [0.5, 0.6) is 0 Å². The van der Waals surface area contributed by atoms with Crippen LogP contribution in [-0.2, 0) is 11.0 Å². The van der Waals surface area contributed by atoms with Gasteiger partial charge < -0.3 is 5.11 Å². The molecule has 0 spiro atoms. The summed E-state index contributed by atoms with van der Waals surface area (Å²) in [5, 5.41) is 9.73. The number of ketones is 1. The molecule has 112 valence electrons. The Morgan fingerprint density at radius 3 is 2.30 bits per heavy atom. The van der Waals surface area contributed by atoms with Crippen LogP contribution >= 0.6 is 11.8 Å². The second-order valence-electron chi connectivity index (χ2n) is 4.78. The van der Waals surface area contributed by atoms with E-state index < -0.39 is 17.8 Å². The zero-order chi connectivity index (χ0) is 15.3. The molecule has 0 bridgehead atoms. The fraction of sp³-hybridized carbons (Fsp3) is 0.500. The first-order valence-corrected chi connectivity index (χ1v) is 7.16. The molecule has 1 rings (SSSR count). The summed E-state index contributed by atoms with van der Waals surface area (Å²) in [6.45, 7) is 3.23. The van der Waals surface area contributed by atoms with Gasteiger partial charge in [-0.25, -0.2) is 0 Å². The lowest BCUT2D eigenvalue weighted by atomic mass is 10.0. The summed E-state index contributed by atoms with van der Waals surface area (Å²) in [6, 6.07) is 4.91. The van der Waals surface area contributed by atoms with E-state index in [1.165, 1.54) is 30.8 Å². The zero-order valence-corrected chi connectivity index (χ0v) is 12.1. The molecule has 0 radical (unpaired) electrons. The number of carbonyl (C=O) groups excluding carboxylic acids is 1. The Balaban J connectivity index is 2.52. The average Bonchev–Trinajstić information content (AvgIpc) is 2.34. The smallest absolute Gasteiger partial charge is 0.392 e. The number of Topliss-reactive ketones (excluding diaryl/α,β-unsaturated/α-hetero) is 1. The maximum absolute atomic E-state index is 12.4. The molecule has 2 nitrogen and oxygen atoms in total. The third-order valence-corrected chi connectivity index (χ3v) is 4.15. The lowest BCUT2D eigenvalue weighted by Crippen LogP contribution is -2.22. The Kier molecular flexibility index (Phi) is 6.07. The third-order valence-electron chi connectivity index (χ3n) is 2.85. The zero-order valence-electron chi connectivity index (χ0n) is 11.3. The molecular formula is C14H17F3O2S. The van der Waals surface area contributed by atoms with Crippen molar-refractivity contribution in [3.05, 3.63) is 29.8 Å². The maximum Gasteiger partial charge on any atom is 0.416 e. The summed E-state index contributed by atoms with van der Waals surface area (Å²) in [6.07, 6.45) is -4.93. The van der Waals surface area contributed by atoms with Gasteiger partial charge >= 0.3 is 6.18 Å². The van der Waals surface area contributed by atoms with Crippen LogP contribution < -0.4 is 0 Å². The number of thioether (sulfide) groups is 1. The number of halogens is 3. The van der Waals surface area contributed by atoms with Gasteiger partial charge in [-0.3, -0.25) is 4.79 Å². The molecule has 0 aliphatic rings. The highest BCUT2D eigenvalue weighted by atomic mass is 32.2. The number of rotatable bonds is 6. The van der Waals surface area contributed by atoms with Crippen molar-refractivity contribution in [2.75, 3.05) is 5.75 Å². The van der Waals surface area contributed by atoms with Crippen molar-refractivity contribution in [3.63, 3.8) is 0 Å². The average molecular weight is 306 g/mol. The third kappa shape index (κ3) is 5.54. The number of alkyl halides is 3. The highest BCUT2D eigenvalue weighted by Crippen LogP contribution is 2.31. The lowest BCUT2D eigenvalue weighted by Gasteiger charge is -2.17. The van der Waals surface area contributed by atoms with Crippen LogP contribution in [0.1, 0.15) is 25.8 Å². The molecule has 0 saturated carbocycles. The number of aliphatic hydroxyl groups excluding tert-OH is 1. The minimum atomic E-state index is -4.33. The largest absolute Gasteiger partial charge is 0.416 e. The van der Waals surface area contributed by atoms with Gasteiger partial charge in [0.1, 0.15) is 5.78 Å². The molecule has 1 aromatic rings. The Labute approximate surface area is 120 Å². The molecule has 0 fully saturated rings. The van der Waals surface area contributed by atoms with Crippen molar-refractivity contribution in [1.82, 2.24) is 0 Å². The molecule has 1 aromatic carbocycles. The van der Waals surface area contributed by atoms with Crippen LogP contribution in [0.4, 0.5) is 13.2 Å². The van der Waals surface area contributed by atoms with Crippen LogP contribution in [0.2, 0.25) is 0 Å². The van der Waals surface area contributed by atoms with Gasteiger partial charge in [-0.05, 0) is 37.1 Å². The minimum absolute atomic E-state index is 0.0797. The SMILES string of the molecule is CC(=O)CC(O)C(C)CSc1ccc(C(F)(F)F)cc1. The Morgan fingerprint density at radius 1 is 1.30 bits per heavy atom. The summed E-state index contributed by atoms with van der Waals surface area (Å²) in [4.78, 5) is 11.6. The van der Waals surface area contributed by atoms with Crippen LogP contribution in [0.3, 0.4) is 0 Å². The molecule has 0 aliphatic heterocycles. The fourth-order valence-electron chi connectivity index (χ4n) is 1.57. The number of carbonyl (C=O) groups is 1. The van der Waals surface area contributed by atoms with Crippen molar-refractivity contribution >= 4 is 17.5 Å². The van der Waals surface area contributed by atoms with Crippen LogP contribution in [0.15, 0.2) is 29.2 Å². The van der Waals surface area contributed by atoms with Gasteiger partial charge in [0.15, 0.2) is 0 Å². The minimum Gasteiger partial charge on any atom is -0.392 e. The number of aliphatic hydroxyl groups is 1. The number of hydrogen-bond donors (Lipinski definition) is 1. The quantitative estimate of drug-likeness (QED) is 0.813. The van der Waals surface area contributed by atoms with E-state index in [0.717, 1.165) is 12.1 Å². The summed E-state index contributed by atoms with van der Waals surface area (Å²) in [5.41, 5.74) is -0.675. The van der Waals surface area contributed by atoms with E-state index in [0.29, 0.717) is 10.6 Å². The summed E-state index contributed by atoms with van der Waals surface area (Å²) < 4.78 is 37.2. The molecule has 0 aromatic heterocycles. The lowest BCUT2D eigenvalue weighted by molar-refractivity contribution is -0.137. The van der Waals surface area contributed by atoms with Crippen LogP contribution in [0.25, 0.3) is 0 Å². The molecule has 0 amide bonds. The second-order valence-corrected chi connectivity index (χ2v) is 5.88. The second kappa shape index (κ2) is 7.13. The van der Waals surface area contributed by atoms with Crippen LogP contribution in [0, 0.1) is 5.92 Å². The van der Waals surface area contributed by atoms with E-state index in [1.54, 1.807) is 0 Å². The molecule has 6 heteroatoms. The van der Waals surface area contributed by atoms with Crippen molar-refractivity contribution in [1.29, 1.82) is 0 Å². The molecule has 1 N–H and O–H groups in total. The van der Waals surface area contributed by atoms with Gasteiger partial charge in [0.05, 0.1) is 11.7 Å². The first-order chi connectivity index (χ1) is 9.20. The van der Waals surface area contributed by atoms with Gasteiger partial charge in [0, 0.05) is 17.1 Å².